The third-order valence-corrected chi connectivity index (χ3v) is 6.64. The molecule has 5 rings (SSSR count). The van der Waals surface area contributed by atoms with Crippen LogP contribution in [0, 0.1) is 0 Å². The van der Waals surface area contributed by atoms with Crippen LogP contribution in [0.15, 0.2) is 96.0 Å². The van der Waals surface area contributed by atoms with E-state index in [-0.39, 0.29) is 5.91 Å². The second-order valence-electron chi connectivity index (χ2n) is 7.72. The average molecular weight is 469 g/mol. The molecule has 0 aliphatic heterocycles. The average Bonchev–Trinajstić information content (AvgIpc) is 3.22. The lowest BCUT2D eigenvalue weighted by Gasteiger charge is -2.07. The van der Waals surface area contributed by atoms with Crippen LogP contribution in [0.2, 0.25) is 0 Å². The minimum Gasteiger partial charge on any atom is -0.457 e. The summed E-state index contributed by atoms with van der Waals surface area (Å²) in [5.41, 5.74) is 1.57. The van der Waals surface area contributed by atoms with Gasteiger partial charge in [0.25, 0.3) is 5.91 Å². The summed E-state index contributed by atoms with van der Waals surface area (Å²) in [6.07, 6.45) is 0. The fourth-order valence-corrected chi connectivity index (χ4v) is 5.03. The maximum atomic E-state index is 13.1. The Labute approximate surface area is 201 Å². The molecule has 0 aliphatic carbocycles. The minimum atomic E-state index is -0.285. The molecule has 0 unspecified atom stereocenters. The zero-order valence-electron chi connectivity index (χ0n) is 18.8. The normalized spacial score (nSPS) is 11.9. The van der Waals surface area contributed by atoms with E-state index >= 15 is 0 Å². The highest BCUT2D eigenvalue weighted by atomic mass is 32.1. The summed E-state index contributed by atoms with van der Waals surface area (Å²) < 4.78 is 14.6. The molecule has 0 bridgehead atoms. The predicted molar refractivity (Wildman–Crippen MR) is 137 cm³/mol. The van der Waals surface area contributed by atoms with Crippen LogP contribution in [0.4, 0.5) is 0 Å². The molecule has 170 valence electrons. The highest BCUT2D eigenvalue weighted by Crippen LogP contribution is 2.28. The second kappa shape index (κ2) is 10.0. The van der Waals surface area contributed by atoms with Gasteiger partial charge in [-0.1, -0.05) is 59.9 Å². The Morgan fingerprint density at radius 3 is 2.41 bits per heavy atom. The highest BCUT2D eigenvalue weighted by molar-refractivity contribution is 7.17. The first-order valence-corrected chi connectivity index (χ1v) is 12.1. The third-order valence-electron chi connectivity index (χ3n) is 5.51. The number of carbonyl (C=O) groups excluding carboxylic acids is 1. The molecular weight excluding hydrogens is 444 g/mol. The summed E-state index contributed by atoms with van der Waals surface area (Å²) in [5, 5.41) is 2.33. The fraction of sp³-hybridized carbons (Fsp3) is 0.143. The number of hydrogen-bond donors (Lipinski definition) is 0. The van der Waals surface area contributed by atoms with Crippen LogP contribution in [0.1, 0.15) is 17.3 Å². The van der Waals surface area contributed by atoms with Gasteiger partial charge >= 0.3 is 0 Å². The van der Waals surface area contributed by atoms with E-state index in [2.05, 4.69) is 33.8 Å². The van der Waals surface area contributed by atoms with Crippen LogP contribution in [0.5, 0.6) is 11.5 Å². The van der Waals surface area contributed by atoms with Gasteiger partial charge in [0.2, 0.25) is 0 Å². The molecule has 0 saturated carbocycles. The van der Waals surface area contributed by atoms with Crippen molar-refractivity contribution in [2.45, 2.75) is 13.5 Å². The van der Waals surface area contributed by atoms with E-state index in [1.54, 1.807) is 24.3 Å². The molecule has 0 spiro atoms. The van der Waals surface area contributed by atoms with Gasteiger partial charge in [0.05, 0.1) is 16.8 Å². The largest absolute Gasteiger partial charge is 0.457 e. The first-order valence-electron chi connectivity index (χ1n) is 11.2. The number of benzene rings is 4. The smallest absolute Gasteiger partial charge is 0.279 e. The van der Waals surface area contributed by atoms with Crippen molar-refractivity contribution in [3.8, 4) is 11.5 Å². The van der Waals surface area contributed by atoms with Gasteiger partial charge in [0.1, 0.15) is 11.5 Å². The Morgan fingerprint density at radius 2 is 1.62 bits per heavy atom. The topological polar surface area (TPSA) is 52.8 Å². The van der Waals surface area contributed by atoms with E-state index in [1.807, 2.05) is 49.4 Å². The molecule has 5 nitrogen and oxygen atoms in total. The Hall–Kier alpha value is -3.74. The van der Waals surface area contributed by atoms with Crippen molar-refractivity contribution < 1.29 is 14.3 Å². The summed E-state index contributed by atoms with van der Waals surface area (Å²) in [6, 6.07) is 29.1. The van der Waals surface area contributed by atoms with Gasteiger partial charge in [0, 0.05) is 24.1 Å². The maximum absolute atomic E-state index is 13.1. The van der Waals surface area contributed by atoms with E-state index in [1.165, 1.54) is 16.7 Å². The molecule has 5 aromatic rings. The number of carbonyl (C=O) groups is 1. The zero-order valence-corrected chi connectivity index (χ0v) is 19.6. The summed E-state index contributed by atoms with van der Waals surface area (Å²) in [5.74, 6) is 1.13. The van der Waals surface area contributed by atoms with Crippen LogP contribution in [-0.4, -0.2) is 23.7 Å². The quantitative estimate of drug-likeness (QED) is 0.259. The number of rotatable bonds is 7. The van der Waals surface area contributed by atoms with Crippen LogP contribution in [-0.2, 0) is 11.3 Å². The highest BCUT2D eigenvalue weighted by Gasteiger charge is 2.12. The minimum absolute atomic E-state index is 0.285. The molecule has 0 aliphatic rings. The molecule has 0 N–H and O–H groups in total. The van der Waals surface area contributed by atoms with Crippen LogP contribution >= 0.6 is 11.3 Å². The monoisotopic (exact) mass is 468 g/mol. The molecule has 1 heterocycles. The Balaban J connectivity index is 1.50. The van der Waals surface area contributed by atoms with E-state index in [4.69, 9.17) is 9.47 Å². The lowest BCUT2D eigenvalue weighted by Crippen LogP contribution is -2.19. The molecule has 1 aromatic heterocycles. The zero-order chi connectivity index (χ0) is 23.3. The summed E-state index contributed by atoms with van der Waals surface area (Å²) in [7, 11) is 0. The van der Waals surface area contributed by atoms with Gasteiger partial charge in [-0.2, -0.15) is 4.99 Å². The van der Waals surface area contributed by atoms with E-state index < -0.39 is 0 Å². The third kappa shape index (κ3) is 4.64. The van der Waals surface area contributed by atoms with Gasteiger partial charge in [-0.25, -0.2) is 0 Å². The molecule has 0 radical (unpaired) electrons. The maximum Gasteiger partial charge on any atom is 0.279 e. The number of hydrogen-bond acceptors (Lipinski definition) is 4. The number of nitrogens with zero attached hydrogens (tertiary/aromatic N) is 2. The number of para-hydroxylation sites is 1. The first-order chi connectivity index (χ1) is 16.7. The number of amides is 1. The van der Waals surface area contributed by atoms with E-state index in [9.17, 15) is 4.79 Å². The molecule has 34 heavy (non-hydrogen) atoms. The lowest BCUT2D eigenvalue weighted by atomic mass is 10.1. The van der Waals surface area contributed by atoms with Crippen molar-refractivity contribution in [1.82, 2.24) is 4.57 Å². The lowest BCUT2D eigenvalue weighted by molar-refractivity contribution is 0.0996. The SMILES string of the molecule is CCOCCn1c(=NC(=O)c2ccc(Oc3ccccc3)cc2)sc2c3ccccc3ccc21. The van der Waals surface area contributed by atoms with Crippen LogP contribution < -0.4 is 9.54 Å². The van der Waals surface area contributed by atoms with Crippen molar-refractivity contribution in [2.24, 2.45) is 4.99 Å². The number of aromatic nitrogens is 1. The number of thiazole rings is 1. The molecule has 0 atom stereocenters. The van der Waals surface area contributed by atoms with Crippen LogP contribution in [0.3, 0.4) is 0 Å². The molecular formula is C28H24N2O3S. The fourth-order valence-electron chi connectivity index (χ4n) is 3.84. The summed E-state index contributed by atoms with van der Waals surface area (Å²) in [4.78, 5) is 18.2. The van der Waals surface area contributed by atoms with Gasteiger partial charge in [-0.3, -0.25) is 4.79 Å². The number of fused-ring (bicyclic) bond motifs is 3. The van der Waals surface area contributed by atoms with E-state index in [0.29, 0.717) is 35.9 Å². The van der Waals surface area contributed by atoms with Gasteiger partial charge in [-0.15, -0.1) is 0 Å². The molecule has 4 aromatic carbocycles. The molecule has 6 heteroatoms. The standard InChI is InChI=1S/C28H24N2O3S/c1-2-32-19-18-30-25-17-14-20-8-6-7-11-24(20)26(25)34-28(30)29-27(31)21-12-15-23(16-13-21)33-22-9-4-3-5-10-22/h3-17H,2,18-19H2,1H3. The van der Waals surface area contributed by atoms with E-state index in [0.717, 1.165) is 21.4 Å². The molecule has 1 amide bonds. The Morgan fingerprint density at radius 1 is 0.882 bits per heavy atom. The van der Waals surface area contributed by atoms with Gasteiger partial charge in [-0.05, 0) is 54.8 Å². The predicted octanol–water partition coefficient (Wildman–Crippen LogP) is 6.43. The number of ether oxygens (including phenoxy) is 2. The van der Waals surface area contributed by atoms with Gasteiger partial charge in [0.15, 0.2) is 4.80 Å². The van der Waals surface area contributed by atoms with Gasteiger partial charge < -0.3 is 14.0 Å². The van der Waals surface area contributed by atoms with Crippen molar-refractivity contribution in [2.75, 3.05) is 13.2 Å². The summed E-state index contributed by atoms with van der Waals surface area (Å²) in [6.45, 7) is 3.81. The van der Waals surface area contributed by atoms with Crippen molar-refractivity contribution >= 4 is 38.2 Å². The van der Waals surface area contributed by atoms with Crippen molar-refractivity contribution in [1.29, 1.82) is 0 Å². The molecule has 0 saturated heterocycles. The molecule has 0 fully saturated rings. The Bertz CT molecular complexity index is 1500. The Kier molecular flexibility index (Phi) is 6.51. The summed E-state index contributed by atoms with van der Waals surface area (Å²) >= 11 is 1.53. The first kappa shape index (κ1) is 22.1. The second-order valence-corrected chi connectivity index (χ2v) is 8.70. The van der Waals surface area contributed by atoms with Crippen LogP contribution in [0.25, 0.3) is 21.0 Å². The van der Waals surface area contributed by atoms with Crippen molar-refractivity contribution in [3.05, 3.63) is 101 Å². The van der Waals surface area contributed by atoms with Crippen molar-refractivity contribution in [3.63, 3.8) is 0 Å².